The Morgan fingerprint density at radius 2 is 1.74 bits per heavy atom. The number of imidazole rings is 1. The van der Waals surface area contributed by atoms with Crippen LogP contribution < -0.4 is 11.1 Å². The van der Waals surface area contributed by atoms with Crippen LogP contribution in [-0.2, 0) is 6.42 Å². The Morgan fingerprint density at radius 1 is 0.943 bits per heavy atom. The van der Waals surface area contributed by atoms with Crippen LogP contribution in [0, 0.1) is 0 Å². The summed E-state index contributed by atoms with van der Waals surface area (Å²) >= 11 is 0. The van der Waals surface area contributed by atoms with E-state index in [0.29, 0.717) is 12.0 Å². The zero-order valence-electron chi connectivity index (χ0n) is 19.8. The lowest BCUT2D eigenvalue weighted by Crippen LogP contribution is -2.11. The normalized spacial score (nSPS) is 11.2. The summed E-state index contributed by atoms with van der Waals surface area (Å²) in [4.78, 5) is 21.0. The highest BCUT2D eigenvalue weighted by atomic mass is 16.1. The van der Waals surface area contributed by atoms with E-state index in [4.69, 9.17) is 10.7 Å². The van der Waals surface area contributed by atoms with Gasteiger partial charge in [-0.1, -0.05) is 42.5 Å². The highest BCUT2D eigenvalue weighted by Crippen LogP contribution is 2.29. The molecule has 2 aromatic carbocycles. The number of rotatable bonds is 7. The van der Waals surface area contributed by atoms with Gasteiger partial charge in [0, 0.05) is 28.9 Å². The second-order valence-electron chi connectivity index (χ2n) is 8.94. The summed E-state index contributed by atoms with van der Waals surface area (Å²) in [5, 5.41) is 3.44. The molecule has 1 amide bonds. The molecule has 0 aliphatic carbocycles. The van der Waals surface area contributed by atoms with Crippen molar-refractivity contribution in [3.05, 3.63) is 108 Å². The Kier molecular flexibility index (Phi) is 6.02. The fourth-order valence-electron chi connectivity index (χ4n) is 4.22. The minimum absolute atomic E-state index is 0.263. The number of hydrogen-bond donors (Lipinski definition) is 2. The molecular weight excluding hydrogens is 434 g/mol. The van der Waals surface area contributed by atoms with Gasteiger partial charge in [-0.05, 0) is 67.8 Å². The zero-order chi connectivity index (χ0) is 24.4. The quantitative estimate of drug-likeness (QED) is 0.332. The van der Waals surface area contributed by atoms with Crippen molar-refractivity contribution in [2.75, 3.05) is 5.32 Å². The number of fused-ring (bicyclic) bond motifs is 1. The van der Waals surface area contributed by atoms with Crippen molar-refractivity contribution in [1.29, 1.82) is 0 Å². The third-order valence-electron chi connectivity index (χ3n) is 5.82. The zero-order valence-corrected chi connectivity index (χ0v) is 19.8. The fourth-order valence-corrected chi connectivity index (χ4v) is 4.22. The van der Waals surface area contributed by atoms with Crippen molar-refractivity contribution in [3.8, 4) is 22.5 Å². The van der Waals surface area contributed by atoms with Crippen molar-refractivity contribution in [2.24, 2.45) is 5.73 Å². The summed E-state index contributed by atoms with van der Waals surface area (Å²) in [6.07, 6.45) is 4.63. The standard InChI is InChI=1S/C29H27N5O/c1-19(2)32-27-17-24(16-25(33-27)22-8-4-3-5-9-22)26-18-31-28-15-21(11-12-34(26)28)13-20-7-6-10-23(14-20)29(30)35/h3-12,14-19H,13H2,1-2H3,(H2,30,35)(H,32,33). The summed E-state index contributed by atoms with van der Waals surface area (Å²) in [6.45, 7) is 4.21. The average Bonchev–Trinajstić information content (AvgIpc) is 3.27. The second-order valence-corrected chi connectivity index (χ2v) is 8.94. The maximum absolute atomic E-state index is 11.5. The second kappa shape index (κ2) is 9.43. The molecular formula is C29H27N5O. The van der Waals surface area contributed by atoms with Gasteiger partial charge in [0.15, 0.2) is 0 Å². The molecule has 6 nitrogen and oxygen atoms in total. The van der Waals surface area contributed by atoms with Crippen molar-refractivity contribution in [3.63, 3.8) is 0 Å². The van der Waals surface area contributed by atoms with Gasteiger partial charge in [0.1, 0.15) is 11.5 Å². The molecule has 0 aliphatic rings. The van der Waals surface area contributed by atoms with E-state index in [9.17, 15) is 4.79 Å². The van der Waals surface area contributed by atoms with Gasteiger partial charge in [-0.3, -0.25) is 9.20 Å². The summed E-state index contributed by atoms with van der Waals surface area (Å²) in [7, 11) is 0. The Balaban J connectivity index is 1.51. The number of aromatic nitrogens is 3. The number of benzene rings is 2. The number of nitrogens with two attached hydrogens (primary N) is 1. The molecule has 0 bridgehead atoms. The SMILES string of the molecule is CC(C)Nc1cc(-c2cnc3cc(Cc4cccc(C(N)=O)c4)ccn23)cc(-c2ccccc2)n1. The molecule has 5 rings (SSSR count). The van der Waals surface area contributed by atoms with Crippen molar-refractivity contribution in [1.82, 2.24) is 14.4 Å². The first-order valence-corrected chi connectivity index (χ1v) is 11.7. The number of primary amides is 1. The Hall–Kier alpha value is -4.45. The van der Waals surface area contributed by atoms with Crippen LogP contribution in [0.3, 0.4) is 0 Å². The van der Waals surface area contributed by atoms with Crippen LogP contribution in [0.15, 0.2) is 91.3 Å². The van der Waals surface area contributed by atoms with Crippen LogP contribution in [0.1, 0.15) is 35.3 Å². The molecule has 0 spiro atoms. The summed E-state index contributed by atoms with van der Waals surface area (Å²) in [6, 6.07) is 26.2. The minimum atomic E-state index is -0.418. The molecule has 3 aromatic heterocycles. The number of hydrogen-bond acceptors (Lipinski definition) is 4. The van der Waals surface area contributed by atoms with E-state index in [1.54, 1.807) is 6.07 Å². The number of nitrogens with one attached hydrogen (secondary N) is 1. The lowest BCUT2D eigenvalue weighted by atomic mass is 10.0. The third-order valence-corrected chi connectivity index (χ3v) is 5.82. The maximum atomic E-state index is 11.5. The predicted molar refractivity (Wildman–Crippen MR) is 140 cm³/mol. The Bertz CT molecular complexity index is 1500. The Labute approximate surface area is 204 Å². The fraction of sp³-hybridized carbons (Fsp3) is 0.138. The van der Waals surface area contributed by atoms with E-state index in [0.717, 1.165) is 45.1 Å². The lowest BCUT2D eigenvalue weighted by molar-refractivity contribution is 0.1000. The number of amides is 1. The molecule has 35 heavy (non-hydrogen) atoms. The van der Waals surface area contributed by atoms with Crippen LogP contribution in [-0.4, -0.2) is 26.3 Å². The highest BCUT2D eigenvalue weighted by molar-refractivity contribution is 5.92. The van der Waals surface area contributed by atoms with Gasteiger partial charge >= 0.3 is 0 Å². The summed E-state index contributed by atoms with van der Waals surface area (Å²) in [5.74, 6) is 0.413. The molecule has 174 valence electrons. The maximum Gasteiger partial charge on any atom is 0.248 e. The lowest BCUT2D eigenvalue weighted by Gasteiger charge is -2.13. The van der Waals surface area contributed by atoms with E-state index in [-0.39, 0.29) is 6.04 Å². The highest BCUT2D eigenvalue weighted by Gasteiger charge is 2.12. The molecule has 5 aromatic rings. The molecule has 0 radical (unpaired) electrons. The van der Waals surface area contributed by atoms with E-state index in [1.165, 1.54) is 0 Å². The smallest absolute Gasteiger partial charge is 0.248 e. The summed E-state index contributed by atoms with van der Waals surface area (Å²) in [5.41, 5.74) is 13.0. The Morgan fingerprint density at radius 3 is 2.51 bits per heavy atom. The first kappa shape index (κ1) is 22.3. The molecule has 3 heterocycles. The van der Waals surface area contributed by atoms with Crippen LogP contribution in [0.25, 0.3) is 28.2 Å². The number of nitrogens with zero attached hydrogens (tertiary/aromatic N) is 3. The van der Waals surface area contributed by atoms with Crippen molar-refractivity contribution < 1.29 is 4.79 Å². The van der Waals surface area contributed by atoms with Crippen LogP contribution >= 0.6 is 0 Å². The van der Waals surface area contributed by atoms with E-state index in [2.05, 4.69) is 64.9 Å². The van der Waals surface area contributed by atoms with Gasteiger partial charge in [-0.2, -0.15) is 0 Å². The van der Waals surface area contributed by atoms with Gasteiger partial charge in [0.25, 0.3) is 0 Å². The van der Waals surface area contributed by atoms with E-state index < -0.39 is 5.91 Å². The van der Waals surface area contributed by atoms with Gasteiger partial charge in [0.05, 0.1) is 17.6 Å². The largest absolute Gasteiger partial charge is 0.368 e. The molecule has 0 saturated carbocycles. The summed E-state index contributed by atoms with van der Waals surface area (Å²) < 4.78 is 2.09. The number of carbonyl (C=O) groups is 1. The topological polar surface area (TPSA) is 85.3 Å². The average molecular weight is 462 g/mol. The van der Waals surface area contributed by atoms with Crippen LogP contribution in [0.4, 0.5) is 5.82 Å². The third kappa shape index (κ3) is 4.92. The van der Waals surface area contributed by atoms with Crippen LogP contribution in [0.5, 0.6) is 0 Å². The van der Waals surface area contributed by atoms with Gasteiger partial charge < -0.3 is 11.1 Å². The molecule has 0 saturated heterocycles. The molecule has 0 unspecified atom stereocenters. The van der Waals surface area contributed by atoms with Gasteiger partial charge in [-0.15, -0.1) is 0 Å². The first-order valence-electron chi connectivity index (χ1n) is 11.7. The molecule has 0 aliphatic heterocycles. The number of anilines is 1. The molecule has 0 fully saturated rings. The van der Waals surface area contributed by atoms with Crippen molar-refractivity contribution >= 4 is 17.4 Å². The van der Waals surface area contributed by atoms with Crippen molar-refractivity contribution in [2.45, 2.75) is 26.3 Å². The number of pyridine rings is 2. The van der Waals surface area contributed by atoms with E-state index in [1.807, 2.05) is 48.8 Å². The minimum Gasteiger partial charge on any atom is -0.368 e. The molecule has 3 N–H and O–H groups in total. The van der Waals surface area contributed by atoms with Crippen LogP contribution in [0.2, 0.25) is 0 Å². The predicted octanol–water partition coefficient (Wildman–Crippen LogP) is 5.57. The van der Waals surface area contributed by atoms with Gasteiger partial charge in [0.2, 0.25) is 5.91 Å². The van der Waals surface area contributed by atoms with E-state index >= 15 is 0 Å². The number of carbonyl (C=O) groups excluding carboxylic acids is 1. The molecule has 6 heteroatoms. The van der Waals surface area contributed by atoms with Gasteiger partial charge in [-0.25, -0.2) is 9.97 Å². The first-order chi connectivity index (χ1) is 17.0. The molecule has 0 atom stereocenters. The monoisotopic (exact) mass is 461 g/mol.